The van der Waals surface area contributed by atoms with E-state index in [0.29, 0.717) is 11.3 Å². The first-order chi connectivity index (χ1) is 37.2. The van der Waals surface area contributed by atoms with Gasteiger partial charge in [0.05, 0.1) is 31.2 Å². The number of aromatic nitrogens is 1. The summed E-state index contributed by atoms with van der Waals surface area (Å²) in [5, 5.41) is 27.1. The molecule has 28 heteroatoms. The first-order valence-electron chi connectivity index (χ1n) is 25.2. The molecule has 1 aromatic heterocycles. The molecule has 11 amide bonds. The van der Waals surface area contributed by atoms with Crippen LogP contribution >= 0.6 is 0 Å². The van der Waals surface area contributed by atoms with Gasteiger partial charge in [-0.25, -0.2) is 23.0 Å². The molecule has 1 saturated heterocycles. The SMILES string of the molecule is CC[C@H](C)[C@H](NC(=O)[C@H](CC(N)=O)NC(=O)[C@H](CC(N)=O)NC(=O)[C@@H](N)CCCNC(N)=O)C(=O)N1CC(C2=CN(c3ccc[cH-]3)NN2)C[C@H]1C(=O)N[C@@H](Cc1c[nH]c2ccccc12)C(=O)N[C@@H](CO)C(N)=O.[Fe+2].c1cc[cH-]c1. The number of nitrogens with zero attached hydrogens (tertiary/aromatic N) is 2. The third-order valence-corrected chi connectivity index (χ3v) is 13.2. The van der Waals surface area contributed by atoms with Crippen molar-refractivity contribution in [3.8, 4) is 0 Å². The second-order valence-electron chi connectivity index (χ2n) is 18.9. The Labute approximate surface area is 465 Å². The molecule has 0 bridgehead atoms. The van der Waals surface area contributed by atoms with Gasteiger partial charge in [-0.05, 0) is 36.8 Å². The van der Waals surface area contributed by atoms with Crippen molar-refractivity contribution in [2.45, 2.75) is 101 Å². The molecule has 2 aliphatic heterocycles. The Morgan fingerprint density at radius 2 is 1.42 bits per heavy atom. The fraction of sp³-hybridized carbons (Fsp3) is 0.412. The Balaban J connectivity index is 0.00000212. The van der Waals surface area contributed by atoms with Crippen molar-refractivity contribution in [2.75, 3.05) is 24.7 Å². The van der Waals surface area contributed by atoms with Crippen LogP contribution in [0.1, 0.15) is 57.9 Å². The number of rotatable bonds is 27. The molecular formula is C51H70FeN16O11. The maximum atomic E-state index is 15.1. The Morgan fingerprint density at radius 3 is 2.00 bits per heavy atom. The van der Waals surface area contributed by atoms with E-state index in [1.54, 1.807) is 37.3 Å². The number of anilines is 1. The number of aromatic amines is 1. The predicted octanol–water partition coefficient (Wildman–Crippen LogP) is -3.11. The van der Waals surface area contributed by atoms with E-state index in [9.17, 15) is 48.3 Å². The zero-order chi connectivity index (χ0) is 57.1. The van der Waals surface area contributed by atoms with Crippen molar-refractivity contribution in [1.29, 1.82) is 0 Å². The third kappa shape index (κ3) is 18.4. The van der Waals surface area contributed by atoms with Crippen LogP contribution in [0.25, 0.3) is 10.9 Å². The number of para-hydroxylation sites is 1. The fourth-order valence-corrected chi connectivity index (χ4v) is 8.70. The van der Waals surface area contributed by atoms with Crippen molar-refractivity contribution in [3.05, 3.63) is 103 Å². The summed E-state index contributed by atoms with van der Waals surface area (Å²) in [6.07, 6.45) is 2.27. The van der Waals surface area contributed by atoms with Gasteiger partial charge in [0.15, 0.2) is 0 Å². The van der Waals surface area contributed by atoms with Gasteiger partial charge < -0.3 is 81.0 Å². The maximum absolute atomic E-state index is 15.1. The molecule has 1 unspecified atom stereocenters. The van der Waals surface area contributed by atoms with Gasteiger partial charge in [0.25, 0.3) is 0 Å². The van der Waals surface area contributed by atoms with Gasteiger partial charge >= 0.3 is 23.1 Å². The minimum Gasteiger partial charge on any atom is -0.394 e. The van der Waals surface area contributed by atoms with Crippen LogP contribution in [0.3, 0.4) is 0 Å². The summed E-state index contributed by atoms with van der Waals surface area (Å²) in [7, 11) is 0. The van der Waals surface area contributed by atoms with E-state index >= 15 is 4.79 Å². The van der Waals surface area contributed by atoms with Gasteiger partial charge in [0, 0.05) is 48.7 Å². The molecule has 20 N–H and O–H groups in total. The van der Waals surface area contributed by atoms with Crippen molar-refractivity contribution in [3.63, 3.8) is 0 Å². The molecule has 3 heterocycles. The average Bonchev–Trinajstić information content (AvgIpc) is 4.30. The molecule has 0 radical (unpaired) electrons. The molecule has 3 aromatic carbocycles. The van der Waals surface area contributed by atoms with Gasteiger partial charge in [-0.15, -0.1) is 11.6 Å². The molecule has 1 fully saturated rings. The Morgan fingerprint density at radius 1 is 0.785 bits per heavy atom. The largest absolute Gasteiger partial charge is 2.00 e. The Bertz CT molecular complexity index is 2740. The number of fused-ring (bicyclic) bond motifs is 1. The smallest absolute Gasteiger partial charge is 0.394 e. The van der Waals surface area contributed by atoms with Crippen LogP contribution in [0.2, 0.25) is 0 Å². The number of hydrogen-bond acceptors (Lipinski definition) is 15. The van der Waals surface area contributed by atoms with Crippen LogP contribution in [0.4, 0.5) is 10.5 Å². The first-order valence-corrected chi connectivity index (χ1v) is 25.2. The number of H-pyrrole nitrogens is 1. The number of carbonyl (C=O) groups excluding carboxylic acids is 10. The van der Waals surface area contributed by atoms with E-state index in [-0.39, 0.29) is 62.3 Å². The second kappa shape index (κ2) is 30.6. The first kappa shape index (κ1) is 63.2. The summed E-state index contributed by atoms with van der Waals surface area (Å²) in [4.78, 5) is 137. The van der Waals surface area contributed by atoms with E-state index < -0.39 is 133 Å². The molecular weight excluding hydrogens is 1070 g/mol. The van der Waals surface area contributed by atoms with E-state index in [2.05, 4.69) is 47.8 Å². The minimum atomic E-state index is -1.77. The molecule has 4 aromatic rings. The predicted molar refractivity (Wildman–Crippen MR) is 284 cm³/mol. The summed E-state index contributed by atoms with van der Waals surface area (Å²) in [6.45, 7) is 2.56. The van der Waals surface area contributed by atoms with Crippen molar-refractivity contribution < 1.29 is 70.1 Å². The number of benzene rings is 1. The van der Waals surface area contributed by atoms with Gasteiger partial charge in [-0.2, -0.15) is 30.3 Å². The summed E-state index contributed by atoms with van der Waals surface area (Å²) >= 11 is 0. The van der Waals surface area contributed by atoms with E-state index in [0.717, 1.165) is 16.6 Å². The Kier molecular flexibility index (Phi) is 24.5. The van der Waals surface area contributed by atoms with Crippen LogP contribution in [0.15, 0.2) is 97.0 Å². The normalized spacial score (nSPS) is 17.2. The van der Waals surface area contributed by atoms with Crippen LogP contribution in [0.5, 0.6) is 0 Å². The van der Waals surface area contributed by atoms with Gasteiger partial charge in [-0.1, -0.05) is 44.2 Å². The maximum Gasteiger partial charge on any atom is 2.00 e. The van der Waals surface area contributed by atoms with E-state index in [4.69, 9.17) is 28.7 Å². The van der Waals surface area contributed by atoms with E-state index in [1.807, 2.05) is 72.8 Å². The van der Waals surface area contributed by atoms with Crippen molar-refractivity contribution in [1.82, 2.24) is 52.7 Å². The number of aliphatic hydroxyl groups excluding tert-OH is 1. The number of carbonyl (C=O) groups is 10. The fourth-order valence-electron chi connectivity index (χ4n) is 8.70. The quantitative estimate of drug-likeness (QED) is 0.0160. The summed E-state index contributed by atoms with van der Waals surface area (Å²) in [5.74, 6) is -9.78. The molecule has 27 nitrogen and oxygen atoms in total. The zero-order valence-corrected chi connectivity index (χ0v) is 44.7. The van der Waals surface area contributed by atoms with Gasteiger partial charge in [0.2, 0.25) is 53.2 Å². The van der Waals surface area contributed by atoms with Crippen LogP contribution < -0.4 is 76.5 Å². The van der Waals surface area contributed by atoms with Gasteiger partial charge in [-0.3, -0.25) is 48.2 Å². The number of hydrogen-bond donors (Lipinski definition) is 15. The number of primary amides is 4. The van der Waals surface area contributed by atoms with Crippen LogP contribution in [0, 0.1) is 11.8 Å². The standard InChI is InChI=1S/C46H65N16O11.C5H5.Fe/c1-3-23(2)38(58-43(70)32(18-37(49)65)55-42(69)31(17-36(48)64)54-40(67)28(47)12-8-14-52-46(51)73)45(72)61-20-25(33-21-62(60-59-33)26-9-4-5-10-26)16-35(61)44(71)56-30(41(68)57-34(22-63)39(50)66)15-24-19-53-29-13-7-6-11-27(24)29;1-2-4-5-3-1;/h4-7,9-11,13,19,21,23,25,28,30-32,34-35,38,53,59-60,63H,3,8,12,14-18,20,22,47H2,1-2H3,(H2,48,64)(H2,49,65)(H2,50,66)(H,54,67)(H,55,69)(H,56,71)(H,57,68)(H,58,70)(H3,51,52,73);1-5H;/q2*-1;+2/t23-,25?,28-,30-,31-,32-,34-,35-,38-;;/m0../s1. The van der Waals surface area contributed by atoms with Crippen LogP contribution in [-0.4, -0.2) is 136 Å². The number of urea groups is 1. The number of amides is 11. The molecule has 6 rings (SSSR count). The molecule has 0 aliphatic carbocycles. The molecule has 0 spiro atoms. The minimum absolute atomic E-state index is 0. The zero-order valence-electron chi connectivity index (χ0n) is 43.6. The molecule has 9 atom stereocenters. The van der Waals surface area contributed by atoms with Crippen LogP contribution in [-0.2, 0) is 66.6 Å². The summed E-state index contributed by atoms with van der Waals surface area (Å²) in [6, 6.07) is 13.5. The monoisotopic (exact) mass is 1140 g/mol. The number of aliphatic hydroxyl groups is 1. The summed E-state index contributed by atoms with van der Waals surface area (Å²) in [5.41, 5.74) is 36.2. The Hall–Kier alpha value is -8.30. The van der Waals surface area contributed by atoms with Gasteiger partial charge in [0.1, 0.15) is 36.3 Å². The molecule has 428 valence electrons. The van der Waals surface area contributed by atoms with Crippen molar-refractivity contribution in [2.24, 2.45) is 40.5 Å². The molecule has 79 heavy (non-hydrogen) atoms. The van der Waals surface area contributed by atoms with Crippen molar-refractivity contribution >= 4 is 75.8 Å². The average molecular weight is 1140 g/mol. The number of hydrazine groups is 2. The third-order valence-electron chi connectivity index (χ3n) is 13.2. The number of nitrogens with two attached hydrogens (primary N) is 5. The second-order valence-corrected chi connectivity index (χ2v) is 18.9. The number of nitrogens with one attached hydrogen (secondary N) is 9. The molecule has 2 aliphatic rings. The van der Waals surface area contributed by atoms with E-state index in [1.165, 1.54) is 4.90 Å². The molecule has 0 saturated carbocycles. The summed E-state index contributed by atoms with van der Waals surface area (Å²) < 4.78 is 0. The topological polar surface area (TPSA) is 440 Å². The number of likely N-dealkylation sites (tertiary alicyclic amines) is 1.